The van der Waals surface area contributed by atoms with Gasteiger partial charge < -0.3 is 19.3 Å². The Bertz CT molecular complexity index is 493. The minimum atomic E-state index is -0.779. The fourth-order valence-corrected chi connectivity index (χ4v) is 1.35. The molecule has 0 amide bonds. The summed E-state index contributed by atoms with van der Waals surface area (Å²) in [7, 11) is 2.79. The standard InChI is InChI=1S/C13H14O6/c1-8(14)19-12(15)5-4-9-6-10(17-2)13(16)11(7-9)18-3/h4-7,16H,1-3H3. The third kappa shape index (κ3) is 4.02. The van der Waals surface area contributed by atoms with Gasteiger partial charge in [0.25, 0.3) is 0 Å². The molecule has 1 N–H and O–H groups in total. The first-order chi connectivity index (χ1) is 8.97. The van der Waals surface area contributed by atoms with Crippen molar-refractivity contribution in [3.63, 3.8) is 0 Å². The topological polar surface area (TPSA) is 82.1 Å². The summed E-state index contributed by atoms with van der Waals surface area (Å²) in [6.45, 7) is 1.14. The van der Waals surface area contributed by atoms with Gasteiger partial charge in [0.1, 0.15) is 0 Å². The fraction of sp³-hybridized carbons (Fsp3) is 0.231. The summed E-state index contributed by atoms with van der Waals surface area (Å²) >= 11 is 0. The lowest BCUT2D eigenvalue weighted by atomic mass is 10.1. The van der Waals surface area contributed by atoms with Crippen LogP contribution in [0.25, 0.3) is 6.08 Å². The van der Waals surface area contributed by atoms with E-state index in [0.717, 1.165) is 13.0 Å². The monoisotopic (exact) mass is 266 g/mol. The number of methoxy groups -OCH3 is 2. The highest BCUT2D eigenvalue weighted by Gasteiger charge is 2.10. The molecule has 0 bridgehead atoms. The van der Waals surface area contributed by atoms with Gasteiger partial charge in [-0.25, -0.2) is 4.79 Å². The molecule has 1 rings (SSSR count). The molecule has 0 atom stereocenters. The van der Waals surface area contributed by atoms with Gasteiger partial charge in [-0.2, -0.15) is 0 Å². The van der Waals surface area contributed by atoms with Crippen molar-refractivity contribution in [1.82, 2.24) is 0 Å². The lowest BCUT2D eigenvalue weighted by molar-refractivity contribution is -0.154. The van der Waals surface area contributed by atoms with Gasteiger partial charge in [0.15, 0.2) is 11.5 Å². The van der Waals surface area contributed by atoms with E-state index >= 15 is 0 Å². The molecule has 0 saturated carbocycles. The normalized spacial score (nSPS) is 10.3. The largest absolute Gasteiger partial charge is 0.502 e. The minimum Gasteiger partial charge on any atom is -0.502 e. The number of hydrogen-bond acceptors (Lipinski definition) is 6. The van der Waals surface area contributed by atoms with Crippen molar-refractivity contribution in [3.05, 3.63) is 23.8 Å². The van der Waals surface area contributed by atoms with E-state index in [1.165, 1.54) is 32.4 Å². The third-order valence-corrected chi connectivity index (χ3v) is 2.16. The predicted molar refractivity (Wildman–Crippen MR) is 67.0 cm³/mol. The highest BCUT2D eigenvalue weighted by atomic mass is 16.6. The molecule has 0 unspecified atom stereocenters. The second kappa shape index (κ2) is 6.44. The maximum atomic E-state index is 11.2. The number of benzene rings is 1. The number of phenols is 1. The average molecular weight is 266 g/mol. The Morgan fingerprint density at radius 1 is 1.16 bits per heavy atom. The molecule has 102 valence electrons. The molecule has 0 aromatic heterocycles. The van der Waals surface area contributed by atoms with Crippen LogP contribution >= 0.6 is 0 Å². The molecule has 0 saturated heterocycles. The van der Waals surface area contributed by atoms with Gasteiger partial charge in [-0.3, -0.25) is 4.79 Å². The molecule has 0 aliphatic carbocycles. The number of hydrogen-bond donors (Lipinski definition) is 1. The highest BCUT2D eigenvalue weighted by Crippen LogP contribution is 2.37. The maximum absolute atomic E-state index is 11.2. The molecular weight excluding hydrogens is 252 g/mol. The van der Waals surface area contributed by atoms with E-state index in [4.69, 9.17) is 9.47 Å². The summed E-state index contributed by atoms with van der Waals surface area (Å²) in [5.41, 5.74) is 0.548. The van der Waals surface area contributed by atoms with Gasteiger partial charge in [0.2, 0.25) is 5.75 Å². The van der Waals surface area contributed by atoms with Crippen molar-refractivity contribution >= 4 is 18.0 Å². The fourth-order valence-electron chi connectivity index (χ4n) is 1.35. The van der Waals surface area contributed by atoms with Gasteiger partial charge in [-0.05, 0) is 23.8 Å². The van der Waals surface area contributed by atoms with Gasteiger partial charge in [-0.15, -0.1) is 0 Å². The molecule has 0 heterocycles. The molecule has 0 fully saturated rings. The number of aromatic hydroxyl groups is 1. The van der Waals surface area contributed by atoms with Crippen LogP contribution in [-0.2, 0) is 14.3 Å². The van der Waals surface area contributed by atoms with Crippen molar-refractivity contribution in [2.24, 2.45) is 0 Å². The molecule has 0 aliphatic heterocycles. The first-order valence-electron chi connectivity index (χ1n) is 5.33. The second-order valence-corrected chi connectivity index (χ2v) is 3.52. The van der Waals surface area contributed by atoms with Crippen LogP contribution in [0.5, 0.6) is 17.2 Å². The van der Waals surface area contributed by atoms with Crippen LogP contribution in [0.1, 0.15) is 12.5 Å². The quantitative estimate of drug-likeness (QED) is 0.505. The van der Waals surface area contributed by atoms with Crippen molar-refractivity contribution in [2.45, 2.75) is 6.92 Å². The van der Waals surface area contributed by atoms with Gasteiger partial charge in [0.05, 0.1) is 14.2 Å². The predicted octanol–water partition coefficient (Wildman–Crippen LogP) is 1.51. The number of esters is 2. The number of phenolic OH excluding ortho intramolecular Hbond substituents is 1. The van der Waals surface area contributed by atoms with Crippen LogP contribution in [0.2, 0.25) is 0 Å². The van der Waals surface area contributed by atoms with Crippen molar-refractivity contribution in [2.75, 3.05) is 14.2 Å². The number of ether oxygens (including phenoxy) is 3. The third-order valence-electron chi connectivity index (χ3n) is 2.16. The number of rotatable bonds is 4. The molecule has 6 heteroatoms. The molecule has 0 aliphatic rings. The first-order valence-corrected chi connectivity index (χ1v) is 5.33. The summed E-state index contributed by atoms with van der Waals surface area (Å²) < 4.78 is 14.3. The zero-order valence-electron chi connectivity index (χ0n) is 10.8. The summed E-state index contributed by atoms with van der Waals surface area (Å²) in [6, 6.07) is 3.02. The minimum absolute atomic E-state index is 0.131. The molecular formula is C13H14O6. The summed E-state index contributed by atoms with van der Waals surface area (Å²) in [5, 5.41) is 9.70. The Morgan fingerprint density at radius 3 is 2.11 bits per heavy atom. The maximum Gasteiger partial charge on any atom is 0.338 e. The number of carbonyl (C=O) groups excluding carboxylic acids is 2. The van der Waals surface area contributed by atoms with Crippen LogP contribution in [0.3, 0.4) is 0 Å². The van der Waals surface area contributed by atoms with Crippen LogP contribution in [0.4, 0.5) is 0 Å². The van der Waals surface area contributed by atoms with Gasteiger partial charge in [0, 0.05) is 13.0 Å². The second-order valence-electron chi connectivity index (χ2n) is 3.52. The lowest BCUT2D eigenvalue weighted by Gasteiger charge is -2.09. The van der Waals surface area contributed by atoms with Crippen LogP contribution in [0.15, 0.2) is 18.2 Å². The Morgan fingerprint density at radius 2 is 1.68 bits per heavy atom. The van der Waals surface area contributed by atoms with E-state index in [2.05, 4.69) is 4.74 Å². The SMILES string of the molecule is COc1cc(C=CC(=O)OC(C)=O)cc(OC)c1O. The summed E-state index contributed by atoms with van der Waals surface area (Å²) in [4.78, 5) is 21.7. The van der Waals surface area contributed by atoms with Gasteiger partial charge in [-0.1, -0.05) is 0 Å². The van der Waals surface area contributed by atoms with E-state index in [1.54, 1.807) is 0 Å². The molecule has 19 heavy (non-hydrogen) atoms. The first kappa shape index (κ1) is 14.6. The summed E-state index contributed by atoms with van der Waals surface area (Å²) in [5.74, 6) is -1.18. The van der Waals surface area contributed by atoms with Gasteiger partial charge >= 0.3 is 11.9 Å². The van der Waals surface area contributed by atoms with Crippen molar-refractivity contribution in [1.29, 1.82) is 0 Å². The highest BCUT2D eigenvalue weighted by molar-refractivity contribution is 5.94. The molecule has 1 aromatic rings. The van der Waals surface area contributed by atoms with Crippen LogP contribution in [0, 0.1) is 0 Å². The van der Waals surface area contributed by atoms with Crippen LogP contribution in [-0.4, -0.2) is 31.3 Å². The van der Waals surface area contributed by atoms with E-state index in [9.17, 15) is 14.7 Å². The smallest absolute Gasteiger partial charge is 0.338 e. The van der Waals surface area contributed by atoms with E-state index < -0.39 is 11.9 Å². The van der Waals surface area contributed by atoms with Crippen LogP contribution < -0.4 is 9.47 Å². The van der Waals surface area contributed by atoms with Crippen molar-refractivity contribution < 1.29 is 28.9 Å². The zero-order valence-corrected chi connectivity index (χ0v) is 10.8. The number of carbonyl (C=O) groups is 2. The average Bonchev–Trinajstić information content (AvgIpc) is 2.36. The Hall–Kier alpha value is -2.50. The van der Waals surface area contributed by atoms with Crippen molar-refractivity contribution in [3.8, 4) is 17.2 Å². The Balaban J connectivity index is 2.98. The lowest BCUT2D eigenvalue weighted by Crippen LogP contribution is -2.05. The molecule has 1 aromatic carbocycles. The molecule has 6 nitrogen and oxygen atoms in total. The summed E-state index contributed by atoms with van der Waals surface area (Å²) in [6.07, 6.45) is 2.50. The van der Waals surface area contributed by atoms with E-state index in [1.807, 2.05) is 0 Å². The Kier molecular flexibility index (Phi) is 4.93. The zero-order chi connectivity index (χ0) is 14.4. The van der Waals surface area contributed by atoms with E-state index in [-0.39, 0.29) is 17.2 Å². The molecule has 0 spiro atoms. The van der Waals surface area contributed by atoms with E-state index in [0.29, 0.717) is 5.56 Å². The molecule has 0 radical (unpaired) electrons. The Labute approximate surface area is 110 Å².